The Hall–Kier alpha value is -1.37. The number of carboxylic acids is 1. The minimum absolute atomic E-state index is 0.208. The fourth-order valence-corrected chi connectivity index (χ4v) is 0.932. The van der Waals surface area contributed by atoms with Gasteiger partial charge >= 0.3 is 5.97 Å². The molecule has 0 unspecified atom stereocenters. The van der Waals surface area contributed by atoms with Crippen LogP contribution in [0.5, 0.6) is 0 Å². The van der Waals surface area contributed by atoms with Gasteiger partial charge in [0.1, 0.15) is 19.4 Å². The first-order chi connectivity index (χ1) is 6.20. The summed E-state index contributed by atoms with van der Waals surface area (Å²) >= 11 is 0. The van der Waals surface area contributed by atoms with E-state index in [1.54, 1.807) is 0 Å². The van der Waals surface area contributed by atoms with E-state index in [1.165, 1.54) is 0 Å². The lowest BCUT2D eigenvalue weighted by Gasteiger charge is -2.24. The molecular weight excluding hydrogens is 184 g/mol. The van der Waals surface area contributed by atoms with Gasteiger partial charge in [0.15, 0.2) is 5.70 Å². The lowest BCUT2D eigenvalue weighted by Crippen LogP contribution is -2.48. The summed E-state index contributed by atoms with van der Waals surface area (Å²) in [5.74, 6) is -1.25. The molecule has 0 aromatic carbocycles. The van der Waals surface area contributed by atoms with Gasteiger partial charge in [-0.25, -0.2) is 13.6 Å². The highest BCUT2D eigenvalue weighted by Gasteiger charge is 2.28. The molecule has 0 aliphatic carbocycles. The summed E-state index contributed by atoms with van der Waals surface area (Å²) < 4.78 is 24.4. The Morgan fingerprint density at radius 1 is 1.62 bits per heavy atom. The molecule has 0 amide bonds. The van der Waals surface area contributed by atoms with E-state index in [-0.39, 0.29) is 5.70 Å². The number of hydrogen-bond donors (Lipinski definition) is 3. The zero-order valence-electron chi connectivity index (χ0n) is 6.63. The van der Waals surface area contributed by atoms with Gasteiger partial charge in [0.25, 0.3) is 0 Å². The molecule has 0 aromatic rings. The molecule has 0 saturated carbocycles. The van der Waals surface area contributed by atoms with Crippen LogP contribution in [0.25, 0.3) is 0 Å². The van der Waals surface area contributed by atoms with Crippen LogP contribution in [0.1, 0.15) is 0 Å². The van der Waals surface area contributed by atoms with Crippen molar-refractivity contribution in [1.29, 1.82) is 0 Å². The lowest BCUT2D eigenvalue weighted by atomic mass is 10.3. The molecule has 7 heteroatoms. The Balaban J connectivity index is 2.70. The summed E-state index contributed by atoms with van der Waals surface area (Å²) in [6, 6.07) is -1.11. The van der Waals surface area contributed by atoms with E-state index >= 15 is 0 Å². The zero-order valence-corrected chi connectivity index (χ0v) is 6.63. The Morgan fingerprint density at radius 3 is 2.69 bits per heavy atom. The first-order valence-electron chi connectivity index (χ1n) is 3.56. The SMILES string of the molecule is O=C(O)C1=CNNN1C(CF)CF. The quantitative estimate of drug-likeness (QED) is 0.564. The zero-order chi connectivity index (χ0) is 9.84. The molecule has 1 rings (SSSR count). The highest BCUT2D eigenvalue weighted by molar-refractivity contribution is 5.86. The predicted molar refractivity (Wildman–Crippen MR) is 39.6 cm³/mol. The Kier molecular flexibility index (Phi) is 3.02. The molecule has 0 fully saturated rings. The monoisotopic (exact) mass is 193 g/mol. The van der Waals surface area contributed by atoms with Crippen molar-refractivity contribution < 1.29 is 18.7 Å². The molecular formula is C6H9F2N3O2. The molecule has 0 atom stereocenters. The number of nitrogens with zero attached hydrogens (tertiary/aromatic N) is 1. The summed E-state index contributed by atoms with van der Waals surface area (Å²) in [6.45, 7) is -1.93. The average molecular weight is 193 g/mol. The Bertz CT molecular complexity index is 230. The third-order valence-electron chi connectivity index (χ3n) is 1.59. The second-order valence-corrected chi connectivity index (χ2v) is 2.42. The fraction of sp³-hybridized carbons (Fsp3) is 0.500. The summed E-state index contributed by atoms with van der Waals surface area (Å²) in [7, 11) is 0. The molecule has 1 aliphatic rings. The Morgan fingerprint density at radius 2 is 2.23 bits per heavy atom. The number of halogens is 2. The van der Waals surface area contributed by atoms with Crippen LogP contribution >= 0.6 is 0 Å². The third kappa shape index (κ3) is 1.86. The van der Waals surface area contributed by atoms with Crippen LogP contribution in [-0.2, 0) is 4.79 Å². The molecule has 0 bridgehead atoms. The van der Waals surface area contributed by atoms with Crippen molar-refractivity contribution in [1.82, 2.24) is 16.0 Å². The van der Waals surface area contributed by atoms with Crippen molar-refractivity contribution in [2.24, 2.45) is 0 Å². The number of carbonyl (C=O) groups is 1. The average Bonchev–Trinajstić information content (AvgIpc) is 2.55. The van der Waals surface area contributed by atoms with Crippen molar-refractivity contribution in [3.8, 4) is 0 Å². The molecule has 3 N–H and O–H groups in total. The highest BCUT2D eigenvalue weighted by Crippen LogP contribution is 2.10. The maximum Gasteiger partial charge on any atom is 0.355 e. The van der Waals surface area contributed by atoms with Crippen LogP contribution in [0.3, 0.4) is 0 Å². The minimum Gasteiger partial charge on any atom is -0.476 e. The maximum atomic E-state index is 12.2. The first-order valence-corrected chi connectivity index (χ1v) is 3.56. The van der Waals surface area contributed by atoms with Crippen LogP contribution in [0, 0.1) is 0 Å². The van der Waals surface area contributed by atoms with Gasteiger partial charge < -0.3 is 10.5 Å². The topological polar surface area (TPSA) is 64.6 Å². The molecule has 13 heavy (non-hydrogen) atoms. The number of hydrazine groups is 2. The van der Waals surface area contributed by atoms with Gasteiger partial charge in [0.05, 0.1) is 0 Å². The van der Waals surface area contributed by atoms with E-state index < -0.39 is 25.4 Å². The predicted octanol–water partition coefficient (Wildman–Crippen LogP) is -0.455. The van der Waals surface area contributed by atoms with Crippen LogP contribution in [0.4, 0.5) is 8.78 Å². The number of hydrogen-bond acceptors (Lipinski definition) is 4. The van der Waals surface area contributed by atoms with Crippen LogP contribution < -0.4 is 11.0 Å². The van der Waals surface area contributed by atoms with Crippen LogP contribution in [0.15, 0.2) is 11.9 Å². The lowest BCUT2D eigenvalue weighted by molar-refractivity contribution is -0.135. The molecule has 1 heterocycles. The van der Waals surface area contributed by atoms with Gasteiger partial charge in [-0.1, -0.05) is 0 Å². The first kappa shape index (κ1) is 9.72. The van der Waals surface area contributed by atoms with Gasteiger partial charge in [0.2, 0.25) is 0 Å². The van der Waals surface area contributed by atoms with E-state index in [0.717, 1.165) is 11.2 Å². The van der Waals surface area contributed by atoms with E-state index in [1.807, 2.05) is 0 Å². The fourth-order valence-electron chi connectivity index (χ4n) is 0.932. The molecule has 0 radical (unpaired) electrons. The second-order valence-electron chi connectivity index (χ2n) is 2.42. The standard InChI is InChI=1S/C6H9F2N3O2/c7-1-4(2-8)11-5(6(12)13)3-9-10-11/h3-4,9-10H,1-2H2,(H,12,13). The van der Waals surface area contributed by atoms with Gasteiger partial charge in [-0.05, 0) is 0 Å². The van der Waals surface area contributed by atoms with Gasteiger partial charge in [-0.2, -0.15) is 0 Å². The van der Waals surface area contributed by atoms with E-state index in [0.29, 0.717) is 0 Å². The van der Waals surface area contributed by atoms with Crippen molar-refractivity contribution in [3.05, 3.63) is 11.9 Å². The van der Waals surface area contributed by atoms with Crippen molar-refractivity contribution in [3.63, 3.8) is 0 Å². The summed E-state index contributed by atoms with van der Waals surface area (Å²) in [4.78, 5) is 10.5. The second kappa shape index (κ2) is 4.04. The van der Waals surface area contributed by atoms with Crippen molar-refractivity contribution >= 4 is 5.97 Å². The molecule has 74 valence electrons. The largest absolute Gasteiger partial charge is 0.476 e. The van der Waals surface area contributed by atoms with Gasteiger partial charge in [0, 0.05) is 6.20 Å². The highest BCUT2D eigenvalue weighted by atomic mass is 19.1. The third-order valence-corrected chi connectivity index (χ3v) is 1.59. The van der Waals surface area contributed by atoms with Crippen molar-refractivity contribution in [2.45, 2.75) is 6.04 Å². The maximum absolute atomic E-state index is 12.2. The molecule has 0 spiro atoms. The Labute approximate surface area is 73.0 Å². The summed E-state index contributed by atoms with van der Waals surface area (Å²) in [5.41, 5.74) is 4.46. The number of alkyl halides is 2. The molecule has 5 nitrogen and oxygen atoms in total. The van der Waals surface area contributed by atoms with Crippen LogP contribution in [-0.4, -0.2) is 35.5 Å². The smallest absolute Gasteiger partial charge is 0.355 e. The summed E-state index contributed by atoms with van der Waals surface area (Å²) in [6.07, 6.45) is 1.13. The minimum atomic E-state index is -1.25. The molecule has 0 aromatic heterocycles. The van der Waals surface area contributed by atoms with E-state index in [9.17, 15) is 13.6 Å². The van der Waals surface area contributed by atoms with E-state index in [2.05, 4.69) is 11.0 Å². The molecule has 0 saturated heterocycles. The number of aliphatic carboxylic acids is 1. The summed E-state index contributed by atoms with van der Waals surface area (Å²) in [5, 5.41) is 9.49. The molecule has 1 aliphatic heterocycles. The number of rotatable bonds is 4. The number of carboxylic acid groups (broad SMARTS) is 1. The van der Waals surface area contributed by atoms with Crippen LogP contribution in [0.2, 0.25) is 0 Å². The van der Waals surface area contributed by atoms with Gasteiger partial charge in [-0.3, -0.25) is 5.01 Å². The normalized spacial score (nSPS) is 15.9. The van der Waals surface area contributed by atoms with E-state index in [4.69, 9.17) is 5.11 Å². The van der Waals surface area contributed by atoms with Crippen molar-refractivity contribution in [2.75, 3.05) is 13.3 Å². The van der Waals surface area contributed by atoms with Gasteiger partial charge in [-0.15, -0.1) is 5.53 Å². The number of nitrogens with one attached hydrogen (secondary N) is 2.